The number of nitrogens with zero attached hydrogens (tertiary/aromatic N) is 3. The minimum atomic E-state index is -0.471. The van der Waals surface area contributed by atoms with Crippen molar-refractivity contribution in [3.05, 3.63) is 83.7 Å². The third-order valence-corrected chi connectivity index (χ3v) is 6.67. The van der Waals surface area contributed by atoms with Gasteiger partial charge in [0, 0.05) is 30.3 Å². The Labute approximate surface area is 201 Å². The van der Waals surface area contributed by atoms with Crippen LogP contribution in [0.4, 0.5) is 0 Å². The van der Waals surface area contributed by atoms with Gasteiger partial charge in [-0.15, -0.1) is 0 Å². The van der Waals surface area contributed by atoms with E-state index in [-0.39, 0.29) is 5.78 Å². The van der Waals surface area contributed by atoms with Crippen molar-refractivity contribution >= 4 is 16.9 Å². The van der Waals surface area contributed by atoms with Crippen molar-refractivity contribution in [2.75, 3.05) is 13.1 Å². The van der Waals surface area contributed by atoms with E-state index < -0.39 is 5.41 Å². The van der Waals surface area contributed by atoms with Crippen molar-refractivity contribution in [3.8, 4) is 11.3 Å². The number of aromatic amines is 1. The summed E-state index contributed by atoms with van der Waals surface area (Å²) >= 11 is 0. The van der Waals surface area contributed by atoms with Crippen molar-refractivity contribution in [3.63, 3.8) is 0 Å². The minimum absolute atomic E-state index is 0.0676. The lowest BCUT2D eigenvalue weighted by atomic mass is 9.87. The van der Waals surface area contributed by atoms with E-state index in [1.165, 1.54) is 17.5 Å². The molecule has 1 unspecified atom stereocenters. The molecule has 1 fully saturated rings. The molecule has 3 heterocycles. The number of Topliss-reactive ketones (excluding diaryl/α,β-unsaturated/α-hetero) is 1. The first-order valence-electron chi connectivity index (χ1n) is 12.1. The minimum Gasteiger partial charge on any atom is -0.344 e. The first-order chi connectivity index (χ1) is 16.4. The lowest BCUT2D eigenvalue weighted by Gasteiger charge is -2.17. The highest BCUT2D eigenvalue weighted by molar-refractivity contribution is 6.08. The molecule has 174 valence electrons. The van der Waals surface area contributed by atoms with Crippen LogP contribution in [0.1, 0.15) is 48.7 Å². The molecule has 0 spiro atoms. The number of likely N-dealkylation sites (tertiary alicyclic amines) is 1. The normalized spacial score (nSPS) is 16.9. The molecule has 5 rings (SSSR count). The van der Waals surface area contributed by atoms with Gasteiger partial charge in [-0.1, -0.05) is 69.3 Å². The van der Waals surface area contributed by atoms with Crippen LogP contribution in [0.2, 0.25) is 0 Å². The van der Waals surface area contributed by atoms with E-state index in [9.17, 15) is 4.79 Å². The summed E-state index contributed by atoms with van der Waals surface area (Å²) < 4.78 is 0. The van der Waals surface area contributed by atoms with Gasteiger partial charge in [-0.2, -0.15) is 0 Å². The van der Waals surface area contributed by atoms with Crippen molar-refractivity contribution < 1.29 is 4.79 Å². The molecule has 34 heavy (non-hydrogen) atoms. The number of nitrogens with one attached hydrogen (secondary N) is 1. The maximum atomic E-state index is 12.9. The van der Waals surface area contributed by atoms with Gasteiger partial charge in [-0.25, -0.2) is 9.97 Å². The molecule has 5 heteroatoms. The van der Waals surface area contributed by atoms with Crippen molar-refractivity contribution in [2.45, 2.75) is 40.2 Å². The molecule has 1 aliphatic rings. The Morgan fingerprint density at radius 2 is 1.88 bits per heavy atom. The number of carbonyl (C=O) groups excluding carboxylic acids is 1. The highest BCUT2D eigenvalue weighted by Gasteiger charge is 2.27. The third-order valence-electron chi connectivity index (χ3n) is 6.67. The molecule has 4 aromatic rings. The lowest BCUT2D eigenvalue weighted by molar-refractivity contribution is 0.0860. The van der Waals surface area contributed by atoms with Crippen LogP contribution in [0.5, 0.6) is 0 Å². The van der Waals surface area contributed by atoms with Crippen molar-refractivity contribution in [2.24, 2.45) is 11.3 Å². The first-order valence-corrected chi connectivity index (χ1v) is 12.1. The van der Waals surface area contributed by atoms with Crippen molar-refractivity contribution in [1.82, 2.24) is 19.9 Å². The zero-order valence-corrected chi connectivity index (χ0v) is 20.2. The van der Waals surface area contributed by atoms with Crippen LogP contribution in [0, 0.1) is 11.3 Å². The Morgan fingerprint density at radius 1 is 1.09 bits per heavy atom. The Morgan fingerprint density at radius 3 is 2.68 bits per heavy atom. The maximum Gasteiger partial charge on any atom is 0.171 e. The zero-order valence-electron chi connectivity index (χ0n) is 20.2. The Hall–Kier alpha value is -3.31. The number of ketones is 1. The molecule has 5 nitrogen and oxygen atoms in total. The first kappa shape index (κ1) is 22.5. The smallest absolute Gasteiger partial charge is 0.171 e. The number of hydrogen-bond donors (Lipinski definition) is 1. The second-order valence-electron chi connectivity index (χ2n) is 10.5. The average Bonchev–Trinajstić information content (AvgIpc) is 3.45. The predicted molar refractivity (Wildman–Crippen MR) is 137 cm³/mol. The van der Waals surface area contributed by atoms with E-state index in [1.54, 1.807) is 12.4 Å². The number of rotatable bonds is 6. The second-order valence-corrected chi connectivity index (χ2v) is 10.5. The molecule has 1 aliphatic heterocycles. The summed E-state index contributed by atoms with van der Waals surface area (Å²) in [5.41, 5.74) is 5.96. The largest absolute Gasteiger partial charge is 0.344 e. The fourth-order valence-electron chi connectivity index (χ4n) is 4.87. The van der Waals surface area contributed by atoms with Gasteiger partial charge in [0.25, 0.3) is 0 Å². The van der Waals surface area contributed by atoms with E-state index in [0.717, 1.165) is 37.3 Å². The van der Waals surface area contributed by atoms with Gasteiger partial charge < -0.3 is 4.98 Å². The van der Waals surface area contributed by atoms with Gasteiger partial charge in [0.1, 0.15) is 5.52 Å². The average molecular weight is 453 g/mol. The van der Waals surface area contributed by atoms with Gasteiger partial charge in [0.15, 0.2) is 11.4 Å². The fraction of sp³-hybridized carbons (Fsp3) is 0.345. The molecule has 0 aliphatic carbocycles. The van der Waals surface area contributed by atoms with Gasteiger partial charge in [-0.05, 0) is 42.5 Å². The maximum absolute atomic E-state index is 12.9. The van der Waals surface area contributed by atoms with E-state index in [4.69, 9.17) is 4.98 Å². The summed E-state index contributed by atoms with van der Waals surface area (Å²) in [6.07, 6.45) is 5.92. The van der Waals surface area contributed by atoms with Crippen LogP contribution in [-0.4, -0.2) is 38.7 Å². The zero-order chi connectivity index (χ0) is 23.7. The van der Waals surface area contributed by atoms with Gasteiger partial charge in [0.05, 0.1) is 17.5 Å². The van der Waals surface area contributed by atoms with Crippen LogP contribution in [0.15, 0.2) is 67.0 Å². The SMILES string of the molecule is CC(C)(C)C(=O)c1c[nH]c2ncc(-c3cccc(CN4CCC(Cc5ccccc5)C4)c3)nc12. The topological polar surface area (TPSA) is 61.9 Å². The van der Waals surface area contributed by atoms with Crippen LogP contribution < -0.4 is 0 Å². The number of carbonyl (C=O) groups is 1. The Kier molecular flexibility index (Phi) is 6.05. The van der Waals surface area contributed by atoms with Gasteiger partial charge in [-0.3, -0.25) is 9.69 Å². The van der Waals surface area contributed by atoms with Crippen LogP contribution >= 0.6 is 0 Å². The molecule has 0 radical (unpaired) electrons. The van der Waals surface area contributed by atoms with Crippen molar-refractivity contribution in [1.29, 1.82) is 0 Å². The molecular weight excluding hydrogens is 420 g/mol. The molecule has 0 amide bonds. The van der Waals surface area contributed by atoms with E-state index in [1.807, 2.05) is 20.8 Å². The monoisotopic (exact) mass is 452 g/mol. The van der Waals surface area contributed by atoms with E-state index >= 15 is 0 Å². The third kappa shape index (κ3) is 4.80. The fourth-order valence-corrected chi connectivity index (χ4v) is 4.87. The summed E-state index contributed by atoms with van der Waals surface area (Å²) in [4.78, 5) is 27.9. The Balaban J connectivity index is 1.32. The number of H-pyrrole nitrogens is 1. The number of fused-ring (bicyclic) bond motifs is 1. The molecule has 2 aromatic carbocycles. The summed E-state index contributed by atoms with van der Waals surface area (Å²) in [5, 5.41) is 0. The van der Waals surface area contributed by atoms with E-state index in [2.05, 4.69) is 69.5 Å². The van der Waals surface area contributed by atoms with Crippen LogP contribution in [0.25, 0.3) is 22.4 Å². The quantitative estimate of drug-likeness (QED) is 0.369. The van der Waals surface area contributed by atoms with Crippen LogP contribution in [-0.2, 0) is 13.0 Å². The van der Waals surface area contributed by atoms with E-state index in [0.29, 0.717) is 22.6 Å². The lowest BCUT2D eigenvalue weighted by Crippen LogP contribution is -2.20. The number of aromatic nitrogens is 3. The Bertz CT molecular complexity index is 1300. The molecule has 1 atom stereocenters. The predicted octanol–water partition coefficient (Wildman–Crippen LogP) is 5.92. The molecule has 0 bridgehead atoms. The standard InChI is InChI=1S/C29H32N4O/c1-29(2,3)27(34)24-16-30-28-26(24)32-25(17-31-28)23-11-7-10-21(15-23)18-33-13-12-22(19-33)14-20-8-5-4-6-9-20/h4-11,15-17,22H,12-14,18-19H2,1-3H3,(H,30,31). The molecule has 0 saturated carbocycles. The molecule has 2 aromatic heterocycles. The number of hydrogen-bond acceptors (Lipinski definition) is 4. The summed E-state index contributed by atoms with van der Waals surface area (Å²) in [7, 11) is 0. The second kappa shape index (κ2) is 9.15. The highest BCUT2D eigenvalue weighted by atomic mass is 16.1. The molecular formula is C29H32N4O. The molecule has 1 N–H and O–H groups in total. The summed E-state index contributed by atoms with van der Waals surface area (Å²) in [5.74, 6) is 0.782. The molecule has 1 saturated heterocycles. The summed E-state index contributed by atoms with van der Waals surface area (Å²) in [6.45, 7) is 8.99. The van der Waals surface area contributed by atoms with Gasteiger partial charge >= 0.3 is 0 Å². The van der Waals surface area contributed by atoms with Crippen LogP contribution in [0.3, 0.4) is 0 Å². The van der Waals surface area contributed by atoms with Gasteiger partial charge in [0.2, 0.25) is 0 Å². The summed E-state index contributed by atoms with van der Waals surface area (Å²) in [6, 6.07) is 19.4. The highest BCUT2D eigenvalue weighted by Crippen LogP contribution is 2.28. The number of benzene rings is 2.